The zero-order valence-electron chi connectivity index (χ0n) is 8.08. The molecule has 0 bridgehead atoms. The summed E-state index contributed by atoms with van der Waals surface area (Å²) in [5.74, 6) is 0. The maximum atomic E-state index is 9.67. The molecule has 2 aliphatic rings. The molecule has 1 saturated carbocycles. The molecule has 1 saturated heterocycles. The summed E-state index contributed by atoms with van der Waals surface area (Å²) in [7, 11) is 0. The fraction of sp³-hybridized carbons (Fsp3) is 1.00. The lowest BCUT2D eigenvalue weighted by molar-refractivity contribution is -0.411. The molecule has 0 aromatic carbocycles. The van der Waals surface area contributed by atoms with Crippen LogP contribution in [0.4, 0.5) is 0 Å². The molecule has 7 heteroatoms. The zero-order valence-corrected chi connectivity index (χ0v) is 8.84. The summed E-state index contributed by atoms with van der Waals surface area (Å²) in [5, 5.41) is 37.5. The Hall–Kier alpha value is 0.0500. The molecule has 0 aromatic heterocycles. The molecule has 0 amide bonds. The van der Waals surface area contributed by atoms with E-state index in [9.17, 15) is 15.3 Å². The third-order valence-corrected chi connectivity index (χ3v) is 3.20. The quantitative estimate of drug-likeness (QED) is 0.313. The minimum atomic E-state index is -1.27. The Morgan fingerprint density at radius 1 is 1.27 bits per heavy atom. The van der Waals surface area contributed by atoms with Crippen LogP contribution in [0.25, 0.3) is 0 Å². The van der Waals surface area contributed by atoms with Crippen molar-refractivity contribution in [3.05, 3.63) is 0 Å². The van der Waals surface area contributed by atoms with E-state index >= 15 is 0 Å². The average Bonchev–Trinajstić information content (AvgIpc) is 2.81. The first-order valence-electron chi connectivity index (χ1n) is 4.69. The maximum absolute atomic E-state index is 9.67. The van der Waals surface area contributed by atoms with Crippen LogP contribution in [0, 0.1) is 0 Å². The summed E-state index contributed by atoms with van der Waals surface area (Å²) in [4.78, 5) is 0. The molecule has 1 heterocycles. The molecule has 0 aromatic rings. The molecular weight excluding hydrogens is 226 g/mol. The van der Waals surface area contributed by atoms with E-state index in [4.69, 9.17) is 9.84 Å². The minimum absolute atomic E-state index is 0. The van der Waals surface area contributed by atoms with Crippen molar-refractivity contribution in [1.29, 1.82) is 0 Å². The predicted octanol–water partition coefficient (Wildman–Crippen LogP) is -6.78. The van der Waals surface area contributed by atoms with Crippen molar-refractivity contribution in [2.75, 3.05) is 6.61 Å². The SMILES string of the molecule is [Cl-].[NH3+][C@@H]1C[C@@]12O[C@H](CO)[C@H](O)[C@H](O)[C@H]2O. The van der Waals surface area contributed by atoms with Crippen molar-refractivity contribution >= 4 is 0 Å². The smallest absolute Gasteiger partial charge is 0.154 e. The Kier molecular flexibility index (Phi) is 3.62. The minimum Gasteiger partial charge on any atom is -1.00 e. The number of rotatable bonds is 1. The molecule has 1 aliphatic carbocycles. The number of ether oxygens (including phenoxy) is 1. The van der Waals surface area contributed by atoms with Gasteiger partial charge in [0.2, 0.25) is 0 Å². The molecule has 0 radical (unpaired) electrons. The second-order valence-corrected chi connectivity index (χ2v) is 4.12. The van der Waals surface area contributed by atoms with Gasteiger partial charge in [-0.15, -0.1) is 0 Å². The van der Waals surface area contributed by atoms with Crippen LogP contribution < -0.4 is 18.1 Å². The summed E-state index contributed by atoms with van der Waals surface area (Å²) in [6.07, 6.45) is -3.92. The average molecular weight is 242 g/mol. The summed E-state index contributed by atoms with van der Waals surface area (Å²) in [6, 6.07) is -0.0892. The van der Waals surface area contributed by atoms with E-state index in [1.165, 1.54) is 0 Å². The van der Waals surface area contributed by atoms with Gasteiger partial charge in [0.1, 0.15) is 30.5 Å². The van der Waals surface area contributed by atoms with Gasteiger partial charge in [-0.3, -0.25) is 0 Å². The summed E-state index contributed by atoms with van der Waals surface area (Å²) in [6.45, 7) is -0.376. The topological polar surface area (TPSA) is 118 Å². The molecule has 0 unspecified atom stereocenters. The Morgan fingerprint density at radius 3 is 2.20 bits per heavy atom. The molecule has 2 rings (SSSR count). The van der Waals surface area contributed by atoms with E-state index in [1.807, 2.05) is 0 Å². The second kappa shape index (κ2) is 4.14. The van der Waals surface area contributed by atoms with Gasteiger partial charge in [0.15, 0.2) is 5.60 Å². The molecule has 2 fully saturated rings. The normalized spacial score (nSPS) is 53.8. The highest BCUT2D eigenvalue weighted by molar-refractivity contribution is 5.16. The number of aliphatic hydroxyl groups is 4. The Morgan fingerprint density at radius 2 is 1.80 bits per heavy atom. The van der Waals surface area contributed by atoms with Crippen LogP contribution in [0.15, 0.2) is 0 Å². The van der Waals surface area contributed by atoms with Crippen molar-refractivity contribution < 1.29 is 43.3 Å². The highest BCUT2D eigenvalue weighted by atomic mass is 35.5. The lowest BCUT2D eigenvalue weighted by atomic mass is 9.93. The number of aliphatic hydroxyl groups excluding tert-OH is 4. The van der Waals surface area contributed by atoms with Gasteiger partial charge >= 0.3 is 0 Å². The predicted molar refractivity (Wildman–Crippen MR) is 44.0 cm³/mol. The van der Waals surface area contributed by atoms with Gasteiger partial charge in [-0.2, -0.15) is 0 Å². The number of hydrogen-bond donors (Lipinski definition) is 5. The lowest BCUT2D eigenvalue weighted by Gasteiger charge is -2.40. The number of hydrogen-bond acceptors (Lipinski definition) is 5. The number of halogens is 1. The Labute approximate surface area is 93.1 Å². The van der Waals surface area contributed by atoms with E-state index in [2.05, 4.69) is 5.73 Å². The van der Waals surface area contributed by atoms with Gasteiger partial charge in [0, 0.05) is 6.42 Å². The van der Waals surface area contributed by atoms with E-state index in [0.717, 1.165) is 0 Å². The first kappa shape index (κ1) is 13.1. The largest absolute Gasteiger partial charge is 1.00 e. The summed E-state index contributed by atoms with van der Waals surface area (Å²) < 4.78 is 5.37. The van der Waals surface area contributed by atoms with Crippen LogP contribution in [-0.4, -0.2) is 63.1 Å². The van der Waals surface area contributed by atoms with Gasteiger partial charge in [-0.1, -0.05) is 0 Å². The molecule has 1 spiro atoms. The van der Waals surface area contributed by atoms with Crippen LogP contribution in [0.2, 0.25) is 0 Å². The third-order valence-electron chi connectivity index (χ3n) is 3.20. The fourth-order valence-corrected chi connectivity index (χ4v) is 2.10. The number of quaternary nitrogens is 1. The highest BCUT2D eigenvalue weighted by Crippen LogP contribution is 2.46. The van der Waals surface area contributed by atoms with E-state index in [-0.39, 0.29) is 25.1 Å². The monoisotopic (exact) mass is 241 g/mol. The lowest BCUT2D eigenvalue weighted by Crippen LogP contribution is -3.00. The summed E-state index contributed by atoms with van der Waals surface area (Å²) in [5.41, 5.74) is 2.89. The van der Waals surface area contributed by atoms with Gasteiger partial charge < -0.3 is 43.3 Å². The molecule has 90 valence electrons. The first-order chi connectivity index (χ1) is 6.53. The molecule has 7 N–H and O–H groups in total. The Balaban J connectivity index is 0.00000112. The van der Waals surface area contributed by atoms with Gasteiger partial charge in [-0.05, 0) is 0 Å². The molecule has 1 aliphatic heterocycles. The Bertz CT molecular complexity index is 241. The highest BCUT2D eigenvalue weighted by Gasteiger charge is 2.68. The van der Waals surface area contributed by atoms with Crippen LogP contribution in [-0.2, 0) is 4.74 Å². The van der Waals surface area contributed by atoms with Gasteiger partial charge in [0.25, 0.3) is 0 Å². The van der Waals surface area contributed by atoms with Crippen LogP contribution in [0.5, 0.6) is 0 Å². The molecule has 6 atom stereocenters. The van der Waals surface area contributed by atoms with Gasteiger partial charge in [0.05, 0.1) is 6.61 Å². The van der Waals surface area contributed by atoms with E-state index in [1.54, 1.807) is 0 Å². The van der Waals surface area contributed by atoms with Crippen molar-refractivity contribution in [2.24, 2.45) is 0 Å². The standard InChI is InChI=1S/C8H15NO5.ClH/c9-4-1-8(4)7(13)6(12)5(11)3(2-10)14-8;/h3-7,10-13H,1-2,9H2;1H/t3-,4-,5+,6+,7-,8-;/m1./s1. The fourth-order valence-electron chi connectivity index (χ4n) is 2.10. The van der Waals surface area contributed by atoms with Gasteiger partial charge in [-0.25, -0.2) is 0 Å². The van der Waals surface area contributed by atoms with Crippen molar-refractivity contribution in [3.8, 4) is 0 Å². The molecule has 15 heavy (non-hydrogen) atoms. The maximum Gasteiger partial charge on any atom is 0.154 e. The third kappa shape index (κ3) is 1.76. The van der Waals surface area contributed by atoms with Crippen molar-refractivity contribution in [3.63, 3.8) is 0 Å². The van der Waals surface area contributed by atoms with Crippen LogP contribution in [0.3, 0.4) is 0 Å². The van der Waals surface area contributed by atoms with Crippen LogP contribution in [0.1, 0.15) is 6.42 Å². The molecular formula is C8H16ClNO5. The van der Waals surface area contributed by atoms with E-state index in [0.29, 0.717) is 6.42 Å². The van der Waals surface area contributed by atoms with Crippen molar-refractivity contribution in [1.82, 2.24) is 0 Å². The van der Waals surface area contributed by atoms with Crippen molar-refractivity contribution in [2.45, 2.75) is 42.5 Å². The second-order valence-electron chi connectivity index (χ2n) is 4.12. The molecule has 6 nitrogen and oxygen atoms in total. The van der Waals surface area contributed by atoms with Crippen LogP contribution >= 0.6 is 0 Å². The zero-order chi connectivity index (χ0) is 10.5. The first-order valence-corrected chi connectivity index (χ1v) is 4.69. The summed E-state index contributed by atoms with van der Waals surface area (Å²) >= 11 is 0. The van der Waals surface area contributed by atoms with E-state index < -0.39 is 30.0 Å².